The monoisotopic (exact) mass is 220 g/mol. The summed E-state index contributed by atoms with van der Waals surface area (Å²) in [7, 11) is -1.77. The lowest BCUT2D eigenvalue weighted by Crippen LogP contribution is -2.29. The van der Waals surface area contributed by atoms with Crippen molar-refractivity contribution in [3.63, 3.8) is 0 Å². The summed E-state index contributed by atoms with van der Waals surface area (Å²) in [5, 5.41) is 9.70. The van der Waals surface area contributed by atoms with E-state index in [2.05, 4.69) is 0 Å². The van der Waals surface area contributed by atoms with Crippen molar-refractivity contribution in [2.75, 3.05) is 0 Å². The van der Waals surface area contributed by atoms with Crippen molar-refractivity contribution in [3.8, 4) is 0 Å². The smallest absolute Gasteiger partial charge is 0.327 e. The molecule has 1 N–H and O–H groups in total. The van der Waals surface area contributed by atoms with E-state index in [9.17, 15) is 4.79 Å². The number of carboxylic acids is 1. The van der Waals surface area contributed by atoms with Gasteiger partial charge >= 0.3 is 5.97 Å². The lowest BCUT2D eigenvalue weighted by Gasteiger charge is -2.16. The normalized spacial score (nSPS) is 12.6. The Kier molecular flexibility index (Phi) is 3.47. The van der Waals surface area contributed by atoms with Crippen molar-refractivity contribution in [2.24, 2.45) is 0 Å². The summed E-state index contributed by atoms with van der Waals surface area (Å²) in [6, 6.07) is 9.59. The van der Waals surface area contributed by atoms with Crippen LogP contribution in [0.4, 0.5) is 0 Å². The van der Waals surface area contributed by atoms with Crippen LogP contribution in [0, 0.1) is 0 Å². The lowest BCUT2D eigenvalue weighted by atomic mass is 10.2. The first kappa shape index (κ1) is 11.7. The summed E-state index contributed by atoms with van der Waals surface area (Å²) in [6.07, 6.45) is 1.79. The van der Waals surface area contributed by atoms with Gasteiger partial charge in [-0.15, -0.1) is 0 Å². The highest BCUT2D eigenvalue weighted by atomic mass is 28.3. The maximum atomic E-state index is 11.1. The molecule has 15 heavy (non-hydrogen) atoms. The van der Waals surface area contributed by atoms with Crippen molar-refractivity contribution in [1.82, 2.24) is 0 Å². The van der Waals surface area contributed by atoms with E-state index in [-0.39, 0.29) is 0 Å². The predicted octanol–water partition coefficient (Wildman–Crippen LogP) is 3.03. The molecule has 0 aliphatic carbocycles. The molecule has 0 aliphatic heterocycles. The molecule has 0 saturated carbocycles. The minimum atomic E-state index is -1.77. The van der Waals surface area contributed by atoms with Crippen LogP contribution in [0.3, 0.4) is 0 Å². The van der Waals surface area contributed by atoms with Crippen LogP contribution in [0.1, 0.15) is 5.56 Å². The molecular formula is C12H16O2Si. The topological polar surface area (TPSA) is 37.3 Å². The van der Waals surface area contributed by atoms with E-state index in [1.165, 1.54) is 0 Å². The van der Waals surface area contributed by atoms with Crippen LogP contribution in [0.5, 0.6) is 0 Å². The Morgan fingerprint density at radius 1 is 1.20 bits per heavy atom. The van der Waals surface area contributed by atoms with Gasteiger partial charge in [0.1, 0.15) is 0 Å². The average molecular weight is 220 g/mol. The maximum Gasteiger partial charge on any atom is 0.327 e. The van der Waals surface area contributed by atoms with Crippen LogP contribution in [-0.2, 0) is 4.79 Å². The zero-order valence-corrected chi connectivity index (χ0v) is 10.3. The molecule has 1 aromatic rings. The van der Waals surface area contributed by atoms with Crippen molar-refractivity contribution >= 4 is 20.1 Å². The number of carbonyl (C=O) groups is 1. The first-order valence-corrected chi connectivity index (χ1v) is 8.42. The number of hydrogen-bond acceptors (Lipinski definition) is 1. The van der Waals surface area contributed by atoms with E-state index < -0.39 is 14.0 Å². The largest absolute Gasteiger partial charge is 0.478 e. The zero-order chi connectivity index (χ0) is 11.5. The Morgan fingerprint density at radius 2 is 1.73 bits per heavy atom. The first-order valence-electron chi connectivity index (χ1n) is 4.92. The molecule has 0 heterocycles. The van der Waals surface area contributed by atoms with E-state index in [0.29, 0.717) is 5.20 Å². The maximum absolute atomic E-state index is 11.1. The number of aliphatic carboxylic acids is 1. The van der Waals surface area contributed by atoms with E-state index in [4.69, 9.17) is 5.11 Å². The van der Waals surface area contributed by atoms with Crippen LogP contribution < -0.4 is 0 Å². The average Bonchev–Trinajstić information content (AvgIpc) is 2.13. The quantitative estimate of drug-likeness (QED) is 0.628. The molecule has 0 radical (unpaired) electrons. The van der Waals surface area contributed by atoms with Gasteiger partial charge in [0.2, 0.25) is 0 Å². The Labute approximate surface area is 91.3 Å². The lowest BCUT2D eigenvalue weighted by molar-refractivity contribution is -0.131. The van der Waals surface area contributed by atoms with E-state index in [1.54, 1.807) is 6.08 Å². The van der Waals surface area contributed by atoms with Gasteiger partial charge in [-0.1, -0.05) is 50.0 Å². The number of rotatable bonds is 3. The third-order valence-electron chi connectivity index (χ3n) is 2.15. The summed E-state index contributed by atoms with van der Waals surface area (Å²) in [5.74, 6) is -0.794. The Balaban J connectivity index is 3.12. The van der Waals surface area contributed by atoms with Gasteiger partial charge in [0.15, 0.2) is 0 Å². The Morgan fingerprint density at radius 3 is 2.13 bits per heavy atom. The van der Waals surface area contributed by atoms with Gasteiger partial charge in [-0.2, -0.15) is 0 Å². The fourth-order valence-corrected chi connectivity index (χ4v) is 2.56. The zero-order valence-electron chi connectivity index (χ0n) is 9.32. The molecule has 0 fully saturated rings. The summed E-state index contributed by atoms with van der Waals surface area (Å²) >= 11 is 0. The number of benzene rings is 1. The van der Waals surface area contributed by atoms with Crippen molar-refractivity contribution in [2.45, 2.75) is 19.6 Å². The third kappa shape index (κ3) is 3.36. The van der Waals surface area contributed by atoms with Gasteiger partial charge in [-0.05, 0) is 11.6 Å². The fraction of sp³-hybridized carbons (Fsp3) is 0.250. The van der Waals surface area contributed by atoms with Crippen LogP contribution in [0.15, 0.2) is 35.5 Å². The molecule has 0 saturated heterocycles. The second-order valence-corrected chi connectivity index (χ2v) is 9.56. The summed E-state index contributed by atoms with van der Waals surface area (Å²) < 4.78 is 0. The van der Waals surface area contributed by atoms with Gasteiger partial charge in [0, 0.05) is 5.20 Å². The van der Waals surface area contributed by atoms with E-state index in [1.807, 2.05) is 50.0 Å². The first-order chi connectivity index (χ1) is 6.91. The molecule has 0 atom stereocenters. The van der Waals surface area contributed by atoms with Gasteiger partial charge in [-0.3, -0.25) is 0 Å². The molecule has 0 spiro atoms. The summed E-state index contributed by atoms with van der Waals surface area (Å²) in [4.78, 5) is 11.1. The number of hydrogen-bond donors (Lipinski definition) is 1. The molecule has 1 aromatic carbocycles. The molecule has 0 bridgehead atoms. The van der Waals surface area contributed by atoms with Crippen molar-refractivity contribution in [3.05, 3.63) is 41.1 Å². The molecule has 2 nitrogen and oxygen atoms in total. The number of carboxylic acid groups (broad SMARTS) is 1. The minimum absolute atomic E-state index is 0.564. The molecule has 0 aromatic heterocycles. The molecular weight excluding hydrogens is 204 g/mol. The van der Waals surface area contributed by atoms with Crippen molar-refractivity contribution < 1.29 is 9.90 Å². The van der Waals surface area contributed by atoms with Crippen LogP contribution in [0.2, 0.25) is 19.6 Å². The molecule has 0 unspecified atom stereocenters. The second kappa shape index (κ2) is 4.44. The molecule has 80 valence electrons. The highest BCUT2D eigenvalue weighted by Crippen LogP contribution is 2.18. The highest BCUT2D eigenvalue weighted by Gasteiger charge is 2.25. The van der Waals surface area contributed by atoms with Crippen LogP contribution in [0.25, 0.3) is 6.08 Å². The molecule has 1 rings (SSSR count). The standard InChI is InChI=1S/C12H16O2Si/c1-15(2,3)11(12(13)14)9-10-7-5-4-6-8-10/h4-9H,1-3H3,(H,13,14)/b11-9-. The van der Waals surface area contributed by atoms with Crippen molar-refractivity contribution in [1.29, 1.82) is 0 Å². The van der Waals surface area contributed by atoms with Crippen LogP contribution >= 0.6 is 0 Å². The Bertz CT molecular complexity index is 374. The minimum Gasteiger partial charge on any atom is -0.478 e. The summed E-state index contributed by atoms with van der Waals surface area (Å²) in [5.41, 5.74) is 0.956. The summed E-state index contributed by atoms with van der Waals surface area (Å²) in [6.45, 7) is 6.11. The SMILES string of the molecule is C[Si](C)(C)/C(=C\c1ccccc1)C(=O)O. The fourth-order valence-electron chi connectivity index (χ4n) is 1.31. The van der Waals surface area contributed by atoms with Gasteiger partial charge in [-0.25, -0.2) is 4.79 Å². The highest BCUT2D eigenvalue weighted by molar-refractivity contribution is 6.87. The van der Waals surface area contributed by atoms with E-state index >= 15 is 0 Å². The van der Waals surface area contributed by atoms with Crippen LogP contribution in [-0.4, -0.2) is 19.1 Å². The molecule has 0 amide bonds. The molecule has 0 aliphatic rings. The van der Waals surface area contributed by atoms with Gasteiger partial charge in [0.05, 0.1) is 8.07 Å². The molecule has 3 heteroatoms. The Hall–Kier alpha value is -1.35. The van der Waals surface area contributed by atoms with Gasteiger partial charge < -0.3 is 5.11 Å². The van der Waals surface area contributed by atoms with Gasteiger partial charge in [0.25, 0.3) is 0 Å². The van der Waals surface area contributed by atoms with E-state index in [0.717, 1.165) is 5.56 Å². The second-order valence-electron chi connectivity index (χ2n) is 4.52. The predicted molar refractivity (Wildman–Crippen MR) is 65.4 cm³/mol. The third-order valence-corrected chi connectivity index (χ3v) is 4.12.